The van der Waals surface area contributed by atoms with Gasteiger partial charge in [-0.05, 0) is 43.2 Å². The van der Waals surface area contributed by atoms with E-state index in [1.807, 2.05) is 36.9 Å². The number of guanidine groups is 1. The minimum atomic E-state index is -0.919. The number of aryl methyl sites for hydroxylation is 1. The first kappa shape index (κ1) is 20.3. The van der Waals surface area contributed by atoms with Crippen molar-refractivity contribution in [1.29, 1.82) is 0 Å². The Labute approximate surface area is 162 Å². The Balaban J connectivity index is 0.00000264. The predicted octanol–water partition coefficient (Wildman–Crippen LogP) is 3.09. The summed E-state index contributed by atoms with van der Waals surface area (Å²) >= 11 is 3.23. The molecule has 2 aromatic heterocycles. The summed E-state index contributed by atoms with van der Waals surface area (Å²) < 4.78 is 0. The Hall–Kier alpha value is -0.710. The molecule has 3 N–H and O–H groups in total. The van der Waals surface area contributed by atoms with Gasteiger partial charge >= 0.3 is 0 Å². The second-order valence-electron chi connectivity index (χ2n) is 5.18. The Morgan fingerprint density at radius 3 is 2.78 bits per heavy atom. The van der Waals surface area contributed by atoms with Crippen molar-refractivity contribution in [3.63, 3.8) is 0 Å². The van der Waals surface area contributed by atoms with Crippen LogP contribution >= 0.6 is 46.7 Å². The van der Waals surface area contributed by atoms with Crippen molar-refractivity contribution < 1.29 is 5.11 Å². The van der Waals surface area contributed by atoms with Gasteiger partial charge in [0.25, 0.3) is 0 Å². The molecule has 1 unspecified atom stereocenters. The summed E-state index contributed by atoms with van der Waals surface area (Å²) in [6.07, 6.45) is 1.86. The lowest BCUT2D eigenvalue weighted by Gasteiger charge is -2.24. The van der Waals surface area contributed by atoms with Crippen LogP contribution in [0.15, 0.2) is 28.0 Å². The lowest BCUT2D eigenvalue weighted by atomic mass is 9.99. The molecule has 0 amide bonds. The summed E-state index contributed by atoms with van der Waals surface area (Å²) in [7, 11) is 0. The number of aliphatic imine (C=N–C) groups is 1. The van der Waals surface area contributed by atoms with Crippen LogP contribution in [0.3, 0.4) is 0 Å². The number of nitrogens with one attached hydrogen (secondary N) is 2. The first-order chi connectivity index (χ1) is 10.5. The van der Waals surface area contributed by atoms with Crippen molar-refractivity contribution in [2.24, 2.45) is 4.99 Å². The Kier molecular flexibility index (Phi) is 8.45. The highest BCUT2D eigenvalue weighted by Gasteiger charge is 2.23. The van der Waals surface area contributed by atoms with Crippen LogP contribution in [0.5, 0.6) is 0 Å². The zero-order valence-electron chi connectivity index (χ0n) is 13.5. The average molecular weight is 466 g/mol. The molecule has 0 saturated heterocycles. The lowest BCUT2D eigenvalue weighted by Crippen LogP contribution is -2.44. The fourth-order valence-corrected chi connectivity index (χ4v) is 3.41. The normalized spacial score (nSPS) is 14.0. The molecule has 5 nitrogen and oxygen atoms in total. The zero-order chi connectivity index (χ0) is 16.0. The number of halogens is 1. The summed E-state index contributed by atoms with van der Waals surface area (Å²) in [4.78, 5) is 9.89. The van der Waals surface area contributed by atoms with Gasteiger partial charge in [-0.1, -0.05) is 0 Å². The highest BCUT2D eigenvalue weighted by Crippen LogP contribution is 2.22. The van der Waals surface area contributed by atoms with E-state index in [0.29, 0.717) is 19.0 Å². The second-order valence-corrected chi connectivity index (χ2v) is 7.28. The first-order valence-electron chi connectivity index (χ1n) is 7.20. The van der Waals surface area contributed by atoms with E-state index in [-0.39, 0.29) is 24.0 Å². The minimum Gasteiger partial charge on any atom is -0.384 e. The highest BCUT2D eigenvalue weighted by molar-refractivity contribution is 14.0. The molecule has 0 spiro atoms. The maximum atomic E-state index is 10.5. The number of thiophene rings is 1. The van der Waals surface area contributed by atoms with Crippen molar-refractivity contribution in [2.45, 2.75) is 32.9 Å². The molecule has 0 aromatic carbocycles. The van der Waals surface area contributed by atoms with Crippen LogP contribution in [0.2, 0.25) is 0 Å². The number of aliphatic hydroxyl groups is 1. The molecule has 23 heavy (non-hydrogen) atoms. The highest BCUT2D eigenvalue weighted by atomic mass is 127. The van der Waals surface area contributed by atoms with E-state index in [4.69, 9.17) is 0 Å². The van der Waals surface area contributed by atoms with Gasteiger partial charge in [0.05, 0.1) is 18.1 Å². The van der Waals surface area contributed by atoms with Crippen LogP contribution in [-0.2, 0) is 12.1 Å². The number of hydrogen-bond donors (Lipinski definition) is 3. The topological polar surface area (TPSA) is 69.5 Å². The van der Waals surface area contributed by atoms with Gasteiger partial charge < -0.3 is 15.7 Å². The largest absolute Gasteiger partial charge is 0.384 e. The van der Waals surface area contributed by atoms with Crippen LogP contribution in [0.25, 0.3) is 0 Å². The average Bonchev–Trinajstić information content (AvgIpc) is 3.13. The molecule has 2 rings (SSSR count). The molecule has 0 aliphatic carbocycles. The van der Waals surface area contributed by atoms with E-state index >= 15 is 0 Å². The van der Waals surface area contributed by atoms with E-state index in [2.05, 4.69) is 20.6 Å². The van der Waals surface area contributed by atoms with Gasteiger partial charge in [0.1, 0.15) is 5.60 Å². The first-order valence-corrected chi connectivity index (χ1v) is 8.95. The Bertz CT molecular complexity index is 611. The molecule has 2 heterocycles. The number of thiazole rings is 1. The van der Waals surface area contributed by atoms with E-state index in [9.17, 15) is 5.11 Å². The smallest absolute Gasteiger partial charge is 0.191 e. The van der Waals surface area contributed by atoms with E-state index < -0.39 is 5.60 Å². The molecule has 0 radical (unpaired) electrons. The number of hydrogen-bond acceptors (Lipinski definition) is 5. The third-order valence-electron chi connectivity index (χ3n) is 3.15. The molecular formula is C15H23IN4OS2. The van der Waals surface area contributed by atoms with Crippen molar-refractivity contribution in [1.82, 2.24) is 15.6 Å². The van der Waals surface area contributed by atoms with Gasteiger partial charge in [-0.2, -0.15) is 11.3 Å². The van der Waals surface area contributed by atoms with Crippen LogP contribution in [0.4, 0.5) is 0 Å². The zero-order valence-corrected chi connectivity index (χ0v) is 17.5. The third-order valence-corrected chi connectivity index (χ3v) is 4.73. The van der Waals surface area contributed by atoms with Crippen LogP contribution in [0.1, 0.15) is 29.3 Å². The van der Waals surface area contributed by atoms with Crippen molar-refractivity contribution >= 4 is 52.6 Å². The molecule has 0 aliphatic heterocycles. The monoisotopic (exact) mass is 466 g/mol. The molecular weight excluding hydrogens is 443 g/mol. The SMILES string of the molecule is CCNC(=NCc1cnc(C)s1)NCC(C)(O)c1ccsc1.I. The summed E-state index contributed by atoms with van der Waals surface area (Å²) in [5.41, 5.74) is -0.00370. The second kappa shape index (κ2) is 9.55. The van der Waals surface area contributed by atoms with Crippen LogP contribution < -0.4 is 10.6 Å². The van der Waals surface area contributed by atoms with Crippen LogP contribution in [0, 0.1) is 6.92 Å². The quantitative estimate of drug-likeness (QED) is 0.348. The summed E-state index contributed by atoms with van der Waals surface area (Å²) in [6.45, 7) is 7.56. The minimum absolute atomic E-state index is 0. The molecule has 2 aromatic rings. The number of nitrogens with zero attached hydrogens (tertiary/aromatic N) is 2. The standard InChI is InChI=1S/C15H22N4OS2.HI/c1-4-16-14(18-8-13-7-17-11(2)22-13)19-10-15(3,20)12-5-6-21-9-12;/h5-7,9,20H,4,8,10H2,1-3H3,(H2,16,18,19);1H. The Morgan fingerprint density at radius 1 is 1.43 bits per heavy atom. The number of aromatic nitrogens is 1. The maximum absolute atomic E-state index is 10.5. The van der Waals surface area contributed by atoms with E-state index in [1.54, 1.807) is 29.6 Å². The molecule has 0 aliphatic rings. The maximum Gasteiger partial charge on any atom is 0.191 e. The fourth-order valence-electron chi connectivity index (χ4n) is 1.91. The Morgan fingerprint density at radius 2 is 2.22 bits per heavy atom. The fraction of sp³-hybridized carbons (Fsp3) is 0.467. The summed E-state index contributed by atoms with van der Waals surface area (Å²) in [6, 6.07) is 1.94. The van der Waals surface area contributed by atoms with Crippen molar-refractivity contribution in [3.8, 4) is 0 Å². The summed E-state index contributed by atoms with van der Waals surface area (Å²) in [5.74, 6) is 0.698. The van der Waals surface area contributed by atoms with Gasteiger partial charge in [0, 0.05) is 17.6 Å². The molecule has 0 bridgehead atoms. The molecule has 128 valence electrons. The van der Waals surface area contributed by atoms with Gasteiger partial charge in [0.15, 0.2) is 5.96 Å². The summed E-state index contributed by atoms with van der Waals surface area (Å²) in [5, 5.41) is 21.9. The van der Waals surface area contributed by atoms with Gasteiger partial charge in [-0.25, -0.2) is 9.98 Å². The van der Waals surface area contributed by atoms with Gasteiger partial charge in [-0.15, -0.1) is 35.3 Å². The predicted molar refractivity (Wildman–Crippen MR) is 109 cm³/mol. The molecule has 1 atom stereocenters. The van der Waals surface area contributed by atoms with Gasteiger partial charge in [0.2, 0.25) is 0 Å². The van der Waals surface area contributed by atoms with Crippen molar-refractivity contribution in [3.05, 3.63) is 38.5 Å². The van der Waals surface area contributed by atoms with Crippen LogP contribution in [-0.4, -0.2) is 29.1 Å². The number of rotatable bonds is 6. The van der Waals surface area contributed by atoms with E-state index in [1.165, 1.54) is 0 Å². The van der Waals surface area contributed by atoms with Crippen molar-refractivity contribution in [2.75, 3.05) is 13.1 Å². The lowest BCUT2D eigenvalue weighted by molar-refractivity contribution is 0.0621. The molecule has 0 saturated carbocycles. The molecule has 8 heteroatoms. The molecule has 0 fully saturated rings. The third kappa shape index (κ3) is 6.36. The van der Waals surface area contributed by atoms with Gasteiger partial charge in [-0.3, -0.25) is 0 Å². The van der Waals surface area contributed by atoms with E-state index in [0.717, 1.165) is 22.0 Å².